The number of likely N-dealkylation sites (tertiary alicyclic amines) is 1. The number of amides is 2. The van der Waals surface area contributed by atoms with E-state index in [1.54, 1.807) is 49.9 Å². The third-order valence-corrected chi connectivity index (χ3v) is 4.68. The number of piperidine rings is 1. The van der Waals surface area contributed by atoms with Crippen molar-refractivity contribution in [3.05, 3.63) is 29.8 Å². The van der Waals surface area contributed by atoms with Crippen LogP contribution in [-0.2, 0) is 19.1 Å². The standard InChI is InChI=1S/C22H30N2O6/c1-14(25)17-7-6-8-18(13-17)23-19(26)15(2)29-20(27)16-9-11-24(12-10-16)21(28)30-22(3,4)5/h6-8,13,15-16H,9-12H2,1-5H3,(H,23,26)/t15-/m1/s1. The van der Waals surface area contributed by atoms with Crippen LogP contribution in [0, 0.1) is 5.92 Å². The lowest BCUT2D eigenvalue weighted by Gasteiger charge is -2.32. The van der Waals surface area contributed by atoms with Gasteiger partial charge in [0.2, 0.25) is 0 Å². The summed E-state index contributed by atoms with van der Waals surface area (Å²) in [4.78, 5) is 49.9. The lowest BCUT2D eigenvalue weighted by Crippen LogP contribution is -2.43. The summed E-state index contributed by atoms with van der Waals surface area (Å²) in [5.74, 6) is -1.42. The number of nitrogens with one attached hydrogen (secondary N) is 1. The maximum atomic E-state index is 12.4. The smallest absolute Gasteiger partial charge is 0.410 e. The van der Waals surface area contributed by atoms with Crippen molar-refractivity contribution >= 4 is 29.4 Å². The molecule has 2 rings (SSSR count). The number of carbonyl (C=O) groups excluding carboxylic acids is 4. The molecule has 2 amide bonds. The van der Waals surface area contributed by atoms with E-state index in [0.717, 1.165) is 0 Å². The van der Waals surface area contributed by atoms with Crippen LogP contribution in [0.15, 0.2) is 24.3 Å². The maximum absolute atomic E-state index is 12.4. The SMILES string of the molecule is CC(=O)c1cccc(NC(=O)[C@@H](C)OC(=O)C2CCN(C(=O)OC(C)(C)C)CC2)c1. The molecular weight excluding hydrogens is 388 g/mol. The van der Waals surface area contributed by atoms with Crippen LogP contribution in [0.1, 0.15) is 57.8 Å². The normalized spacial score (nSPS) is 15.8. The number of carbonyl (C=O) groups is 4. The summed E-state index contributed by atoms with van der Waals surface area (Å²) in [5.41, 5.74) is 0.370. The topological polar surface area (TPSA) is 102 Å². The van der Waals surface area contributed by atoms with Crippen molar-refractivity contribution in [2.45, 2.75) is 59.2 Å². The number of hydrogen-bond donors (Lipinski definition) is 1. The van der Waals surface area contributed by atoms with Crippen molar-refractivity contribution < 1.29 is 28.7 Å². The average molecular weight is 418 g/mol. The summed E-state index contributed by atoms with van der Waals surface area (Å²) in [6.07, 6.45) is -0.475. The summed E-state index contributed by atoms with van der Waals surface area (Å²) >= 11 is 0. The molecule has 1 atom stereocenters. The third kappa shape index (κ3) is 6.86. The first-order valence-corrected chi connectivity index (χ1v) is 10.1. The minimum absolute atomic E-state index is 0.108. The van der Waals surface area contributed by atoms with Gasteiger partial charge in [0.25, 0.3) is 5.91 Å². The number of hydrogen-bond acceptors (Lipinski definition) is 6. The average Bonchev–Trinajstić information content (AvgIpc) is 2.66. The Morgan fingerprint density at radius 2 is 1.77 bits per heavy atom. The quantitative estimate of drug-likeness (QED) is 0.581. The maximum Gasteiger partial charge on any atom is 0.410 e. The van der Waals surface area contributed by atoms with E-state index in [1.807, 2.05) is 0 Å². The summed E-state index contributed by atoms with van der Waals surface area (Å²) in [7, 11) is 0. The van der Waals surface area contributed by atoms with Crippen LogP contribution in [0.5, 0.6) is 0 Å². The molecule has 164 valence electrons. The molecule has 0 radical (unpaired) electrons. The first-order valence-electron chi connectivity index (χ1n) is 10.1. The van der Waals surface area contributed by atoms with Gasteiger partial charge in [0.15, 0.2) is 11.9 Å². The van der Waals surface area contributed by atoms with E-state index in [-0.39, 0.29) is 11.7 Å². The number of benzene rings is 1. The summed E-state index contributed by atoms with van der Waals surface area (Å²) in [5, 5.41) is 2.65. The highest BCUT2D eigenvalue weighted by Crippen LogP contribution is 2.21. The molecule has 1 aliphatic rings. The Morgan fingerprint density at radius 1 is 1.13 bits per heavy atom. The van der Waals surface area contributed by atoms with Gasteiger partial charge in [-0.3, -0.25) is 14.4 Å². The predicted molar refractivity (Wildman–Crippen MR) is 111 cm³/mol. The Balaban J connectivity index is 1.83. The van der Waals surface area contributed by atoms with Crippen molar-refractivity contribution in [1.29, 1.82) is 0 Å². The molecule has 1 aromatic carbocycles. The molecule has 0 saturated carbocycles. The largest absolute Gasteiger partial charge is 0.452 e. The van der Waals surface area contributed by atoms with Crippen LogP contribution >= 0.6 is 0 Å². The Morgan fingerprint density at radius 3 is 2.33 bits per heavy atom. The first-order chi connectivity index (χ1) is 14.0. The lowest BCUT2D eigenvalue weighted by atomic mass is 9.97. The highest BCUT2D eigenvalue weighted by Gasteiger charge is 2.32. The van der Waals surface area contributed by atoms with E-state index in [4.69, 9.17) is 9.47 Å². The van der Waals surface area contributed by atoms with E-state index in [1.165, 1.54) is 13.8 Å². The molecule has 1 aromatic rings. The molecule has 0 aliphatic carbocycles. The summed E-state index contributed by atoms with van der Waals surface area (Å²) < 4.78 is 10.7. The van der Waals surface area contributed by atoms with Gasteiger partial charge in [0, 0.05) is 24.3 Å². The van der Waals surface area contributed by atoms with Gasteiger partial charge >= 0.3 is 12.1 Å². The molecule has 0 unspecified atom stereocenters. The fourth-order valence-electron chi connectivity index (χ4n) is 3.01. The van der Waals surface area contributed by atoms with E-state index in [0.29, 0.717) is 37.2 Å². The molecule has 0 spiro atoms. The third-order valence-electron chi connectivity index (χ3n) is 4.68. The number of Topliss-reactive ketones (excluding diaryl/α,β-unsaturated/α-hetero) is 1. The highest BCUT2D eigenvalue weighted by molar-refractivity contribution is 5.98. The van der Waals surface area contributed by atoms with Crippen LogP contribution in [0.25, 0.3) is 0 Å². The molecule has 8 heteroatoms. The van der Waals surface area contributed by atoms with Crippen molar-refractivity contribution in [3.8, 4) is 0 Å². The Hall–Kier alpha value is -2.90. The summed E-state index contributed by atoms with van der Waals surface area (Å²) in [6.45, 7) is 9.14. The molecular formula is C22H30N2O6. The van der Waals surface area contributed by atoms with E-state index >= 15 is 0 Å². The zero-order chi connectivity index (χ0) is 22.5. The molecule has 1 fully saturated rings. The van der Waals surface area contributed by atoms with Crippen molar-refractivity contribution in [1.82, 2.24) is 4.90 Å². The van der Waals surface area contributed by atoms with Crippen LogP contribution < -0.4 is 5.32 Å². The first kappa shape index (κ1) is 23.4. The molecule has 1 saturated heterocycles. The number of nitrogens with zero attached hydrogens (tertiary/aromatic N) is 1. The highest BCUT2D eigenvalue weighted by atomic mass is 16.6. The number of esters is 1. The van der Waals surface area contributed by atoms with Gasteiger partial charge in [0.1, 0.15) is 5.60 Å². The Labute approximate surface area is 176 Å². The fraction of sp³-hybridized carbons (Fsp3) is 0.545. The molecule has 0 aromatic heterocycles. The Kier molecular flexibility index (Phi) is 7.59. The molecule has 0 bridgehead atoms. The van der Waals surface area contributed by atoms with Gasteiger partial charge < -0.3 is 19.7 Å². The van der Waals surface area contributed by atoms with Crippen LogP contribution in [-0.4, -0.2) is 53.4 Å². The number of anilines is 1. The van der Waals surface area contributed by atoms with Gasteiger partial charge in [0.05, 0.1) is 5.92 Å². The monoisotopic (exact) mass is 418 g/mol. The second-order valence-corrected chi connectivity index (χ2v) is 8.45. The zero-order valence-corrected chi connectivity index (χ0v) is 18.2. The zero-order valence-electron chi connectivity index (χ0n) is 18.2. The lowest BCUT2D eigenvalue weighted by molar-refractivity contribution is -0.158. The van der Waals surface area contributed by atoms with Gasteiger partial charge in [-0.05, 0) is 59.6 Å². The second kappa shape index (κ2) is 9.73. The van der Waals surface area contributed by atoms with Gasteiger partial charge in [-0.1, -0.05) is 12.1 Å². The Bertz CT molecular complexity index is 806. The fourth-order valence-corrected chi connectivity index (χ4v) is 3.01. The molecule has 1 N–H and O–H groups in total. The number of rotatable bonds is 5. The van der Waals surface area contributed by atoms with Crippen LogP contribution in [0.2, 0.25) is 0 Å². The van der Waals surface area contributed by atoms with Gasteiger partial charge in [-0.2, -0.15) is 0 Å². The van der Waals surface area contributed by atoms with Crippen LogP contribution in [0.3, 0.4) is 0 Å². The van der Waals surface area contributed by atoms with Crippen molar-refractivity contribution in [2.75, 3.05) is 18.4 Å². The molecule has 30 heavy (non-hydrogen) atoms. The number of ketones is 1. The second-order valence-electron chi connectivity index (χ2n) is 8.45. The van der Waals surface area contributed by atoms with E-state index in [2.05, 4.69) is 5.32 Å². The van der Waals surface area contributed by atoms with E-state index in [9.17, 15) is 19.2 Å². The molecule has 1 heterocycles. The predicted octanol–water partition coefficient (Wildman–Crippen LogP) is 3.41. The van der Waals surface area contributed by atoms with Gasteiger partial charge in [-0.25, -0.2) is 4.79 Å². The summed E-state index contributed by atoms with van der Waals surface area (Å²) in [6, 6.07) is 6.55. The van der Waals surface area contributed by atoms with Crippen molar-refractivity contribution in [3.63, 3.8) is 0 Å². The van der Waals surface area contributed by atoms with Gasteiger partial charge in [-0.15, -0.1) is 0 Å². The van der Waals surface area contributed by atoms with E-state index < -0.39 is 29.7 Å². The minimum Gasteiger partial charge on any atom is -0.452 e. The molecule has 1 aliphatic heterocycles. The van der Waals surface area contributed by atoms with Crippen molar-refractivity contribution in [2.24, 2.45) is 5.92 Å². The number of ether oxygens (including phenoxy) is 2. The minimum atomic E-state index is -0.984. The molecule has 8 nitrogen and oxygen atoms in total. The van der Waals surface area contributed by atoms with Crippen LogP contribution in [0.4, 0.5) is 10.5 Å².